The first-order chi connectivity index (χ1) is 9.78. The molecule has 1 N–H and O–H groups in total. The molecule has 106 valence electrons. The summed E-state index contributed by atoms with van der Waals surface area (Å²) in [6, 6.07) is 16.9. The third-order valence-corrected chi connectivity index (χ3v) is 3.11. The van der Waals surface area contributed by atoms with Gasteiger partial charge in [0.25, 0.3) is 0 Å². The predicted octanol–water partition coefficient (Wildman–Crippen LogP) is 4.07. The highest BCUT2D eigenvalue weighted by molar-refractivity contribution is 5.28. The molecule has 2 nitrogen and oxygen atoms in total. The molecule has 0 aliphatic heterocycles. The summed E-state index contributed by atoms with van der Waals surface area (Å²) in [7, 11) is 0. The summed E-state index contributed by atoms with van der Waals surface area (Å²) in [5, 5.41) is 3.47. The molecule has 0 fully saturated rings. The van der Waals surface area contributed by atoms with E-state index < -0.39 is 0 Å². The normalized spacial score (nSPS) is 10.5. The Hall–Kier alpha value is -1.80. The van der Waals surface area contributed by atoms with E-state index in [1.165, 1.54) is 16.7 Å². The summed E-state index contributed by atoms with van der Waals surface area (Å²) < 4.78 is 5.65. The number of rotatable bonds is 7. The van der Waals surface area contributed by atoms with Crippen LogP contribution in [0.3, 0.4) is 0 Å². The van der Waals surface area contributed by atoms with Crippen molar-refractivity contribution in [3.05, 3.63) is 65.2 Å². The second-order valence-corrected chi connectivity index (χ2v) is 5.09. The van der Waals surface area contributed by atoms with Gasteiger partial charge in [0.05, 0.1) is 6.61 Å². The van der Waals surface area contributed by atoms with Gasteiger partial charge in [-0.25, -0.2) is 0 Å². The zero-order valence-electron chi connectivity index (χ0n) is 12.4. The van der Waals surface area contributed by atoms with Crippen molar-refractivity contribution in [2.75, 3.05) is 6.61 Å². The minimum atomic E-state index is 0.778. The average Bonchev–Trinajstić information content (AvgIpc) is 2.46. The number of benzene rings is 2. The Bertz CT molecular complexity index is 536. The molecule has 0 saturated heterocycles. The summed E-state index contributed by atoms with van der Waals surface area (Å²) in [5.74, 6) is 0.960. The van der Waals surface area contributed by atoms with E-state index in [2.05, 4.69) is 61.6 Å². The van der Waals surface area contributed by atoms with Crippen LogP contribution >= 0.6 is 0 Å². The van der Waals surface area contributed by atoms with Gasteiger partial charge in [0.15, 0.2) is 0 Å². The molecule has 0 amide bonds. The number of hydrogen-bond acceptors (Lipinski definition) is 2. The van der Waals surface area contributed by atoms with Crippen LogP contribution in [-0.4, -0.2) is 6.61 Å². The fourth-order valence-electron chi connectivity index (χ4n) is 2.14. The highest BCUT2D eigenvalue weighted by atomic mass is 16.5. The minimum absolute atomic E-state index is 0.778. The maximum atomic E-state index is 5.65. The van der Waals surface area contributed by atoms with Crippen molar-refractivity contribution in [2.24, 2.45) is 0 Å². The smallest absolute Gasteiger partial charge is 0.119 e. The lowest BCUT2D eigenvalue weighted by Gasteiger charge is -2.08. The zero-order valence-corrected chi connectivity index (χ0v) is 12.4. The van der Waals surface area contributed by atoms with Gasteiger partial charge in [-0.2, -0.15) is 0 Å². The van der Waals surface area contributed by atoms with Gasteiger partial charge in [-0.15, -0.1) is 0 Å². The van der Waals surface area contributed by atoms with Gasteiger partial charge in [0.2, 0.25) is 0 Å². The van der Waals surface area contributed by atoms with Crippen LogP contribution in [0.15, 0.2) is 48.5 Å². The van der Waals surface area contributed by atoms with Crippen molar-refractivity contribution < 1.29 is 4.74 Å². The third kappa shape index (κ3) is 4.71. The van der Waals surface area contributed by atoms with Crippen LogP contribution in [0.25, 0.3) is 0 Å². The van der Waals surface area contributed by atoms with Crippen molar-refractivity contribution in [3.63, 3.8) is 0 Å². The molecule has 2 aromatic carbocycles. The number of nitrogens with one attached hydrogen (secondary N) is 1. The Labute approximate surface area is 121 Å². The summed E-state index contributed by atoms with van der Waals surface area (Å²) >= 11 is 0. The predicted molar refractivity (Wildman–Crippen MR) is 84.0 cm³/mol. The molecule has 0 aliphatic carbocycles. The molecule has 2 aromatic rings. The van der Waals surface area contributed by atoms with Gasteiger partial charge < -0.3 is 10.1 Å². The highest BCUT2D eigenvalue weighted by Gasteiger charge is 1.98. The lowest BCUT2D eigenvalue weighted by molar-refractivity contribution is 0.317. The van der Waals surface area contributed by atoms with Gasteiger partial charge in [0.1, 0.15) is 5.75 Å². The van der Waals surface area contributed by atoms with Crippen molar-refractivity contribution >= 4 is 0 Å². The molecule has 0 radical (unpaired) electrons. The molecule has 0 aromatic heterocycles. The third-order valence-electron chi connectivity index (χ3n) is 3.11. The Morgan fingerprint density at radius 3 is 2.35 bits per heavy atom. The lowest BCUT2D eigenvalue weighted by atomic mass is 10.1. The largest absolute Gasteiger partial charge is 0.494 e. The quantitative estimate of drug-likeness (QED) is 0.818. The van der Waals surface area contributed by atoms with Crippen molar-refractivity contribution in [2.45, 2.75) is 33.4 Å². The first kappa shape index (κ1) is 14.6. The van der Waals surface area contributed by atoms with Crippen LogP contribution in [0, 0.1) is 6.92 Å². The van der Waals surface area contributed by atoms with E-state index in [9.17, 15) is 0 Å². The molecule has 0 bridgehead atoms. The number of aryl methyl sites for hydroxylation is 1. The van der Waals surface area contributed by atoms with Crippen LogP contribution in [0.1, 0.15) is 30.0 Å². The zero-order chi connectivity index (χ0) is 14.2. The Balaban J connectivity index is 1.84. The van der Waals surface area contributed by atoms with Crippen LogP contribution in [0.5, 0.6) is 5.75 Å². The van der Waals surface area contributed by atoms with Crippen molar-refractivity contribution in [3.8, 4) is 5.75 Å². The molecule has 2 rings (SSSR count). The second-order valence-electron chi connectivity index (χ2n) is 5.09. The van der Waals surface area contributed by atoms with Crippen LogP contribution in [-0.2, 0) is 13.1 Å². The Morgan fingerprint density at radius 1 is 0.950 bits per heavy atom. The summed E-state index contributed by atoms with van der Waals surface area (Å²) in [6.07, 6.45) is 1.04. The fourth-order valence-corrected chi connectivity index (χ4v) is 2.14. The summed E-state index contributed by atoms with van der Waals surface area (Å²) in [5.41, 5.74) is 3.88. The SMILES string of the molecule is CCCOc1cccc(CNCc2cccc(C)c2)c1. The lowest BCUT2D eigenvalue weighted by Crippen LogP contribution is -2.12. The van der Waals surface area contributed by atoms with E-state index in [1.54, 1.807) is 0 Å². The number of ether oxygens (including phenoxy) is 1. The monoisotopic (exact) mass is 269 g/mol. The van der Waals surface area contributed by atoms with Gasteiger partial charge in [-0.3, -0.25) is 0 Å². The van der Waals surface area contributed by atoms with Crippen LogP contribution < -0.4 is 10.1 Å². The van der Waals surface area contributed by atoms with Gasteiger partial charge in [-0.1, -0.05) is 48.9 Å². The van der Waals surface area contributed by atoms with E-state index in [1.807, 2.05) is 6.07 Å². The molecule has 0 atom stereocenters. The minimum Gasteiger partial charge on any atom is -0.494 e. The molecule has 2 heteroatoms. The first-order valence-electron chi connectivity index (χ1n) is 7.26. The maximum absolute atomic E-state index is 5.65. The highest BCUT2D eigenvalue weighted by Crippen LogP contribution is 2.13. The van der Waals surface area contributed by atoms with Gasteiger partial charge in [0, 0.05) is 13.1 Å². The molecule has 20 heavy (non-hydrogen) atoms. The van der Waals surface area contributed by atoms with E-state index >= 15 is 0 Å². The van der Waals surface area contributed by atoms with E-state index in [0.29, 0.717) is 0 Å². The van der Waals surface area contributed by atoms with Gasteiger partial charge >= 0.3 is 0 Å². The molecular weight excluding hydrogens is 246 g/mol. The van der Waals surface area contributed by atoms with E-state index in [-0.39, 0.29) is 0 Å². The topological polar surface area (TPSA) is 21.3 Å². The van der Waals surface area contributed by atoms with Crippen LogP contribution in [0.2, 0.25) is 0 Å². The summed E-state index contributed by atoms with van der Waals surface area (Å²) in [6.45, 7) is 6.77. The molecule has 0 heterocycles. The molecule has 0 saturated carbocycles. The average molecular weight is 269 g/mol. The first-order valence-corrected chi connectivity index (χ1v) is 7.26. The molecular formula is C18H23NO. The van der Waals surface area contributed by atoms with Crippen molar-refractivity contribution in [1.29, 1.82) is 0 Å². The summed E-state index contributed by atoms with van der Waals surface area (Å²) in [4.78, 5) is 0. The second kappa shape index (κ2) is 7.71. The van der Waals surface area contributed by atoms with E-state index in [4.69, 9.17) is 4.74 Å². The number of hydrogen-bond donors (Lipinski definition) is 1. The standard InChI is InChI=1S/C18H23NO/c1-3-10-20-18-9-5-8-17(12-18)14-19-13-16-7-4-6-15(2)11-16/h4-9,11-12,19H,3,10,13-14H2,1-2H3. The van der Waals surface area contributed by atoms with Gasteiger partial charge in [-0.05, 0) is 36.6 Å². The van der Waals surface area contributed by atoms with Crippen LogP contribution in [0.4, 0.5) is 0 Å². The molecule has 0 unspecified atom stereocenters. The Morgan fingerprint density at radius 2 is 1.65 bits per heavy atom. The van der Waals surface area contributed by atoms with E-state index in [0.717, 1.165) is 31.9 Å². The maximum Gasteiger partial charge on any atom is 0.119 e. The molecule has 0 spiro atoms. The Kier molecular flexibility index (Phi) is 5.63. The molecule has 0 aliphatic rings. The fraction of sp³-hybridized carbons (Fsp3) is 0.333. The van der Waals surface area contributed by atoms with Crippen molar-refractivity contribution in [1.82, 2.24) is 5.32 Å².